The van der Waals surface area contributed by atoms with Gasteiger partial charge >= 0.3 is 0 Å². The Hall–Kier alpha value is -1.73. The van der Waals surface area contributed by atoms with Gasteiger partial charge in [-0.3, -0.25) is 14.5 Å². The lowest BCUT2D eigenvalue weighted by Crippen LogP contribution is -2.40. The molecule has 2 amide bonds. The van der Waals surface area contributed by atoms with Crippen molar-refractivity contribution in [3.63, 3.8) is 0 Å². The summed E-state index contributed by atoms with van der Waals surface area (Å²) in [5, 5.41) is 3.05. The van der Waals surface area contributed by atoms with Gasteiger partial charge in [-0.2, -0.15) is 11.8 Å². The summed E-state index contributed by atoms with van der Waals surface area (Å²) in [6.07, 6.45) is 4.07. The van der Waals surface area contributed by atoms with Gasteiger partial charge in [-0.25, -0.2) is 0 Å². The number of rotatable bonds is 10. The molecule has 0 saturated carbocycles. The molecule has 7 heteroatoms. The Morgan fingerprint density at radius 1 is 1.23 bits per heavy atom. The number of nitrogens with two attached hydrogens (primary N) is 1. The Balaban J connectivity index is 1.91. The molecule has 1 fully saturated rings. The van der Waals surface area contributed by atoms with Crippen molar-refractivity contribution < 1.29 is 14.3 Å². The molecule has 1 heterocycles. The van der Waals surface area contributed by atoms with Crippen LogP contribution in [0.3, 0.4) is 0 Å². The van der Waals surface area contributed by atoms with Crippen LogP contribution in [0.15, 0.2) is 24.3 Å². The van der Waals surface area contributed by atoms with Crippen molar-refractivity contribution in [1.29, 1.82) is 0 Å². The van der Waals surface area contributed by atoms with E-state index in [1.165, 1.54) is 36.6 Å². The Kier molecular flexibility index (Phi) is 8.77. The molecule has 0 radical (unpaired) electrons. The van der Waals surface area contributed by atoms with Crippen molar-refractivity contribution in [1.82, 2.24) is 10.2 Å². The highest BCUT2D eigenvalue weighted by molar-refractivity contribution is 7.99. The third-order valence-electron chi connectivity index (χ3n) is 4.54. The van der Waals surface area contributed by atoms with Crippen molar-refractivity contribution in [3.05, 3.63) is 29.8 Å². The minimum atomic E-state index is -0.347. The highest BCUT2D eigenvalue weighted by atomic mass is 32.2. The fourth-order valence-electron chi connectivity index (χ4n) is 3.15. The molecule has 2 rings (SSSR count). The van der Waals surface area contributed by atoms with Gasteiger partial charge in [0.05, 0.1) is 18.9 Å². The first kappa shape index (κ1) is 20.6. The average Bonchev–Trinajstić information content (AvgIpc) is 2.66. The number of amides is 2. The summed E-state index contributed by atoms with van der Waals surface area (Å²) >= 11 is 1.39. The van der Waals surface area contributed by atoms with Crippen LogP contribution in [0, 0.1) is 0 Å². The molecule has 6 nitrogen and oxygen atoms in total. The van der Waals surface area contributed by atoms with Crippen LogP contribution in [0.2, 0.25) is 0 Å². The normalized spacial score (nSPS) is 16.0. The fourth-order valence-corrected chi connectivity index (χ4v) is 3.83. The predicted molar refractivity (Wildman–Crippen MR) is 105 cm³/mol. The Morgan fingerprint density at radius 3 is 2.54 bits per heavy atom. The van der Waals surface area contributed by atoms with E-state index in [0.29, 0.717) is 18.7 Å². The van der Waals surface area contributed by atoms with E-state index in [1.54, 1.807) is 7.11 Å². The van der Waals surface area contributed by atoms with E-state index < -0.39 is 0 Å². The standard InChI is InChI=1S/C19H29N3O3S/c1-25-16-7-5-15(6-8-16)17(22-10-3-2-4-11-22)13-21-19(24)9-12-26-14-18(20)23/h5-8,17H,2-4,9-14H2,1H3,(H2,20,23)(H,21,24). The van der Waals surface area contributed by atoms with E-state index in [2.05, 4.69) is 22.3 Å². The number of nitrogens with one attached hydrogen (secondary N) is 1. The number of carbonyl (C=O) groups excluding carboxylic acids is 2. The van der Waals surface area contributed by atoms with Gasteiger partial charge in [-0.15, -0.1) is 0 Å². The zero-order chi connectivity index (χ0) is 18.8. The highest BCUT2D eigenvalue weighted by Gasteiger charge is 2.22. The van der Waals surface area contributed by atoms with Gasteiger partial charge in [0.2, 0.25) is 11.8 Å². The molecule has 1 aromatic rings. The van der Waals surface area contributed by atoms with Crippen LogP contribution >= 0.6 is 11.8 Å². The first-order valence-electron chi connectivity index (χ1n) is 9.11. The molecule has 144 valence electrons. The van der Waals surface area contributed by atoms with Crippen LogP contribution in [-0.2, 0) is 9.59 Å². The summed E-state index contributed by atoms with van der Waals surface area (Å²) in [6.45, 7) is 2.70. The highest BCUT2D eigenvalue weighted by Crippen LogP contribution is 2.25. The summed E-state index contributed by atoms with van der Waals surface area (Å²) in [6, 6.07) is 8.26. The first-order valence-corrected chi connectivity index (χ1v) is 10.3. The number of nitrogens with zero attached hydrogens (tertiary/aromatic N) is 1. The molecule has 1 saturated heterocycles. The zero-order valence-corrected chi connectivity index (χ0v) is 16.2. The fraction of sp³-hybridized carbons (Fsp3) is 0.579. The number of hydrogen-bond donors (Lipinski definition) is 2. The molecule has 3 N–H and O–H groups in total. The molecule has 26 heavy (non-hydrogen) atoms. The number of methoxy groups -OCH3 is 1. The van der Waals surface area contributed by atoms with Crippen LogP contribution in [0.4, 0.5) is 0 Å². The van der Waals surface area contributed by atoms with Crippen LogP contribution < -0.4 is 15.8 Å². The zero-order valence-electron chi connectivity index (χ0n) is 15.4. The topological polar surface area (TPSA) is 84.7 Å². The van der Waals surface area contributed by atoms with Gasteiger partial charge in [-0.1, -0.05) is 18.6 Å². The summed E-state index contributed by atoms with van der Waals surface area (Å²) in [5.41, 5.74) is 6.29. The van der Waals surface area contributed by atoms with E-state index in [4.69, 9.17) is 10.5 Å². The smallest absolute Gasteiger partial charge is 0.227 e. The van der Waals surface area contributed by atoms with Crippen molar-refractivity contribution >= 4 is 23.6 Å². The molecule has 1 aliphatic heterocycles. The van der Waals surface area contributed by atoms with E-state index in [0.717, 1.165) is 18.8 Å². The van der Waals surface area contributed by atoms with Gasteiger partial charge in [0.15, 0.2) is 0 Å². The maximum absolute atomic E-state index is 12.1. The number of hydrogen-bond acceptors (Lipinski definition) is 5. The largest absolute Gasteiger partial charge is 0.497 e. The molecule has 0 aliphatic carbocycles. The van der Waals surface area contributed by atoms with Crippen LogP contribution in [0.25, 0.3) is 0 Å². The lowest BCUT2D eigenvalue weighted by atomic mass is 10.0. The second-order valence-corrected chi connectivity index (χ2v) is 7.56. The van der Waals surface area contributed by atoms with E-state index in [1.807, 2.05) is 12.1 Å². The molecular weight excluding hydrogens is 350 g/mol. The first-order chi connectivity index (χ1) is 12.6. The van der Waals surface area contributed by atoms with Crippen molar-refractivity contribution in [3.8, 4) is 5.75 Å². The Morgan fingerprint density at radius 2 is 1.92 bits per heavy atom. The number of piperidine rings is 1. The van der Waals surface area contributed by atoms with Gasteiger partial charge < -0.3 is 15.8 Å². The molecule has 1 unspecified atom stereocenters. The molecule has 0 spiro atoms. The summed E-state index contributed by atoms with van der Waals surface area (Å²) < 4.78 is 5.25. The molecule has 1 aromatic carbocycles. The van der Waals surface area contributed by atoms with Crippen LogP contribution in [0.5, 0.6) is 5.75 Å². The second kappa shape index (κ2) is 11.1. The lowest BCUT2D eigenvalue weighted by molar-refractivity contribution is -0.121. The van der Waals surface area contributed by atoms with E-state index in [9.17, 15) is 9.59 Å². The average molecular weight is 380 g/mol. The minimum absolute atomic E-state index is 0.0116. The Bertz CT molecular complexity index is 574. The number of benzene rings is 1. The number of likely N-dealkylation sites (tertiary alicyclic amines) is 1. The molecule has 1 aliphatic rings. The van der Waals surface area contributed by atoms with Crippen molar-refractivity contribution in [2.75, 3.05) is 38.2 Å². The lowest BCUT2D eigenvalue weighted by Gasteiger charge is -2.35. The third kappa shape index (κ3) is 6.88. The quantitative estimate of drug-likeness (QED) is 0.607. The Labute approximate surface area is 159 Å². The second-order valence-electron chi connectivity index (χ2n) is 6.46. The maximum atomic E-state index is 12.1. The predicted octanol–water partition coefficient (Wildman–Crippen LogP) is 1.95. The van der Waals surface area contributed by atoms with Gasteiger partial charge in [0.25, 0.3) is 0 Å². The summed E-state index contributed by atoms with van der Waals surface area (Å²) in [5.74, 6) is 1.36. The minimum Gasteiger partial charge on any atom is -0.497 e. The third-order valence-corrected chi connectivity index (χ3v) is 5.52. The molecule has 1 atom stereocenters. The van der Waals surface area contributed by atoms with E-state index >= 15 is 0 Å². The van der Waals surface area contributed by atoms with Gasteiger partial charge in [-0.05, 0) is 43.6 Å². The van der Waals surface area contributed by atoms with Crippen LogP contribution in [-0.4, -0.2) is 55.0 Å². The summed E-state index contributed by atoms with van der Waals surface area (Å²) in [4.78, 5) is 25.3. The number of thioether (sulfide) groups is 1. The van der Waals surface area contributed by atoms with Gasteiger partial charge in [0.1, 0.15) is 5.75 Å². The van der Waals surface area contributed by atoms with Gasteiger partial charge in [0, 0.05) is 18.7 Å². The SMILES string of the molecule is COc1ccc(C(CNC(=O)CCSCC(N)=O)N2CCCCC2)cc1. The summed E-state index contributed by atoms with van der Waals surface area (Å²) in [7, 11) is 1.66. The van der Waals surface area contributed by atoms with E-state index in [-0.39, 0.29) is 23.6 Å². The monoisotopic (exact) mass is 379 g/mol. The molecule has 0 bridgehead atoms. The number of primary amides is 1. The van der Waals surface area contributed by atoms with Crippen molar-refractivity contribution in [2.24, 2.45) is 5.73 Å². The maximum Gasteiger partial charge on any atom is 0.227 e. The molecular formula is C19H29N3O3S. The van der Waals surface area contributed by atoms with Crippen LogP contribution in [0.1, 0.15) is 37.3 Å². The van der Waals surface area contributed by atoms with Crippen molar-refractivity contribution in [2.45, 2.75) is 31.7 Å². The molecule has 0 aromatic heterocycles. The number of carbonyl (C=O) groups is 2. The number of ether oxygens (including phenoxy) is 1.